The van der Waals surface area contributed by atoms with Crippen molar-refractivity contribution in [2.45, 2.75) is 90.4 Å². The number of hydrogen-bond acceptors (Lipinski definition) is 2. The number of carbonyl (C=O) groups is 1. The molecular weight excluding hydrogens is 272 g/mol. The molecule has 0 N–H and O–H groups in total. The lowest BCUT2D eigenvalue weighted by molar-refractivity contribution is -0.138. The van der Waals surface area contributed by atoms with Gasteiger partial charge in [-0.2, -0.15) is 0 Å². The van der Waals surface area contributed by atoms with E-state index < -0.39 is 0 Å². The predicted molar refractivity (Wildman–Crippen MR) is 93.9 cm³/mol. The molecule has 0 aromatic carbocycles. The van der Waals surface area contributed by atoms with Crippen LogP contribution in [0.2, 0.25) is 0 Å². The summed E-state index contributed by atoms with van der Waals surface area (Å²) in [4.78, 5) is 12.0. The topological polar surface area (TPSA) is 26.3 Å². The summed E-state index contributed by atoms with van der Waals surface area (Å²) < 4.78 is 5.20. The molecule has 0 amide bonds. The summed E-state index contributed by atoms with van der Waals surface area (Å²) in [5.41, 5.74) is 2.38. The molecule has 0 unspecified atom stereocenters. The van der Waals surface area contributed by atoms with Crippen molar-refractivity contribution in [3.63, 3.8) is 0 Å². The number of ether oxygens (including phenoxy) is 1. The molecule has 0 aromatic heterocycles. The molecule has 0 aromatic rings. The molecule has 0 aliphatic heterocycles. The van der Waals surface area contributed by atoms with Crippen molar-refractivity contribution < 1.29 is 9.53 Å². The molecule has 1 aliphatic rings. The molecule has 0 radical (unpaired) electrons. The van der Waals surface area contributed by atoms with Gasteiger partial charge in [-0.15, -0.1) is 6.58 Å². The molecule has 2 heteroatoms. The van der Waals surface area contributed by atoms with Crippen LogP contribution < -0.4 is 0 Å². The van der Waals surface area contributed by atoms with Crippen molar-refractivity contribution in [3.05, 3.63) is 23.8 Å². The minimum Gasteiger partial charge on any atom is -0.463 e. The van der Waals surface area contributed by atoms with E-state index >= 15 is 0 Å². The Labute approximate surface area is 137 Å². The van der Waals surface area contributed by atoms with Crippen LogP contribution in [0.15, 0.2) is 23.8 Å². The fourth-order valence-electron chi connectivity index (χ4n) is 3.22. The summed E-state index contributed by atoms with van der Waals surface area (Å²) in [6, 6.07) is 0. The van der Waals surface area contributed by atoms with Gasteiger partial charge in [0, 0.05) is 5.57 Å². The molecular formula is C20H34O2. The molecule has 22 heavy (non-hydrogen) atoms. The fraction of sp³-hybridized carbons (Fsp3) is 0.750. The Morgan fingerprint density at radius 1 is 1.05 bits per heavy atom. The van der Waals surface area contributed by atoms with Crippen molar-refractivity contribution in [2.75, 3.05) is 6.61 Å². The highest BCUT2D eigenvalue weighted by Gasteiger charge is 2.19. The third kappa shape index (κ3) is 7.82. The zero-order valence-electron chi connectivity index (χ0n) is 14.5. The monoisotopic (exact) mass is 306 g/mol. The summed E-state index contributed by atoms with van der Waals surface area (Å²) in [6.07, 6.45) is 17.9. The average molecular weight is 306 g/mol. The van der Waals surface area contributed by atoms with E-state index in [9.17, 15) is 4.79 Å². The third-order valence-corrected chi connectivity index (χ3v) is 4.49. The molecule has 1 rings (SSSR count). The van der Waals surface area contributed by atoms with Gasteiger partial charge in [0.05, 0.1) is 6.61 Å². The Balaban J connectivity index is 2.18. The van der Waals surface area contributed by atoms with Gasteiger partial charge >= 0.3 is 5.97 Å². The quantitative estimate of drug-likeness (QED) is 0.247. The fourth-order valence-corrected chi connectivity index (χ4v) is 3.22. The first-order valence-electron chi connectivity index (χ1n) is 9.28. The van der Waals surface area contributed by atoms with Gasteiger partial charge in [0.15, 0.2) is 0 Å². The van der Waals surface area contributed by atoms with Crippen molar-refractivity contribution in [2.24, 2.45) is 0 Å². The van der Waals surface area contributed by atoms with E-state index in [0.717, 1.165) is 37.7 Å². The lowest BCUT2D eigenvalue weighted by Crippen LogP contribution is -2.13. The number of esters is 1. The van der Waals surface area contributed by atoms with E-state index in [1.54, 1.807) is 0 Å². The van der Waals surface area contributed by atoms with Crippen molar-refractivity contribution in [1.82, 2.24) is 0 Å². The second-order valence-electron chi connectivity index (χ2n) is 6.31. The van der Waals surface area contributed by atoms with Crippen LogP contribution in [0.1, 0.15) is 90.4 Å². The number of carbonyl (C=O) groups excluding carboxylic acids is 1. The second kappa shape index (κ2) is 12.5. The number of unbranched alkanes of at least 4 members (excludes halogenated alkanes) is 7. The number of hydrogen-bond donors (Lipinski definition) is 0. The van der Waals surface area contributed by atoms with E-state index in [1.807, 2.05) is 13.0 Å². The summed E-state index contributed by atoms with van der Waals surface area (Å²) in [7, 11) is 0. The van der Waals surface area contributed by atoms with Gasteiger partial charge in [-0.3, -0.25) is 0 Å². The molecule has 2 nitrogen and oxygen atoms in total. The maximum absolute atomic E-state index is 12.0. The highest BCUT2D eigenvalue weighted by molar-refractivity contribution is 5.89. The smallest absolute Gasteiger partial charge is 0.333 e. The largest absolute Gasteiger partial charge is 0.463 e. The van der Waals surface area contributed by atoms with E-state index in [-0.39, 0.29) is 5.97 Å². The van der Waals surface area contributed by atoms with E-state index in [0.29, 0.717) is 6.61 Å². The maximum Gasteiger partial charge on any atom is 0.333 e. The first-order chi connectivity index (χ1) is 10.8. The van der Waals surface area contributed by atoms with E-state index in [4.69, 9.17) is 4.74 Å². The summed E-state index contributed by atoms with van der Waals surface area (Å²) in [5.74, 6) is -0.0561. The average Bonchev–Trinajstić information content (AvgIpc) is 2.54. The lowest BCUT2D eigenvalue weighted by Gasteiger charge is -2.19. The molecule has 0 saturated heterocycles. The Bertz CT molecular complexity index is 355. The van der Waals surface area contributed by atoms with E-state index in [1.165, 1.54) is 56.9 Å². The van der Waals surface area contributed by atoms with Crippen LogP contribution in [0.4, 0.5) is 0 Å². The molecule has 126 valence electrons. The molecule has 0 fully saturated rings. The van der Waals surface area contributed by atoms with Gasteiger partial charge in [-0.1, -0.05) is 43.8 Å². The molecule has 0 bridgehead atoms. The maximum atomic E-state index is 12.0. The Morgan fingerprint density at radius 2 is 1.68 bits per heavy atom. The first kappa shape index (κ1) is 19.0. The number of allylic oxidation sites excluding steroid dienone is 2. The van der Waals surface area contributed by atoms with Crippen LogP contribution in [0.25, 0.3) is 0 Å². The van der Waals surface area contributed by atoms with Crippen molar-refractivity contribution in [1.29, 1.82) is 0 Å². The molecule has 1 aliphatic carbocycles. The van der Waals surface area contributed by atoms with Gasteiger partial charge in [-0.25, -0.2) is 4.79 Å². The summed E-state index contributed by atoms with van der Waals surface area (Å²) in [6.45, 7) is 6.13. The normalized spacial score (nSPS) is 15.0. The summed E-state index contributed by atoms with van der Waals surface area (Å²) >= 11 is 0. The zero-order chi connectivity index (χ0) is 16.0. The lowest BCUT2D eigenvalue weighted by atomic mass is 9.88. The van der Waals surface area contributed by atoms with Gasteiger partial charge in [0.1, 0.15) is 0 Å². The van der Waals surface area contributed by atoms with Gasteiger partial charge in [-0.05, 0) is 58.3 Å². The van der Waals surface area contributed by atoms with Gasteiger partial charge in [0.25, 0.3) is 0 Å². The standard InChI is InChI=1S/C20H34O2/c1-3-5-6-7-8-9-10-11-12-15-18-16-13-14-17-19(18)20(21)22-4-2/h3H,1,4-17H2,2H3. The first-order valence-corrected chi connectivity index (χ1v) is 9.28. The van der Waals surface area contributed by atoms with Crippen LogP contribution in [0, 0.1) is 0 Å². The predicted octanol–water partition coefficient (Wildman–Crippen LogP) is 6.12. The van der Waals surface area contributed by atoms with E-state index in [2.05, 4.69) is 6.58 Å². The van der Waals surface area contributed by atoms with Crippen LogP contribution in [0.3, 0.4) is 0 Å². The number of rotatable bonds is 12. The SMILES string of the molecule is C=CCCCCCCCCCC1=C(C(=O)OCC)CCCC1. The molecule has 0 heterocycles. The van der Waals surface area contributed by atoms with Crippen LogP contribution in [-0.2, 0) is 9.53 Å². The van der Waals surface area contributed by atoms with Crippen LogP contribution >= 0.6 is 0 Å². The minimum atomic E-state index is -0.0561. The highest BCUT2D eigenvalue weighted by atomic mass is 16.5. The molecule has 0 spiro atoms. The highest BCUT2D eigenvalue weighted by Crippen LogP contribution is 2.29. The summed E-state index contributed by atoms with van der Waals surface area (Å²) in [5, 5.41) is 0. The molecule has 0 saturated carbocycles. The Morgan fingerprint density at radius 3 is 2.36 bits per heavy atom. The van der Waals surface area contributed by atoms with Gasteiger partial charge < -0.3 is 4.74 Å². The second-order valence-corrected chi connectivity index (χ2v) is 6.31. The van der Waals surface area contributed by atoms with Crippen LogP contribution in [0.5, 0.6) is 0 Å². The third-order valence-electron chi connectivity index (χ3n) is 4.49. The minimum absolute atomic E-state index is 0.0561. The van der Waals surface area contributed by atoms with Gasteiger partial charge in [0.2, 0.25) is 0 Å². The Kier molecular flexibility index (Phi) is 10.8. The van der Waals surface area contributed by atoms with Crippen LogP contribution in [-0.4, -0.2) is 12.6 Å². The van der Waals surface area contributed by atoms with Crippen molar-refractivity contribution in [3.8, 4) is 0 Å². The van der Waals surface area contributed by atoms with Crippen molar-refractivity contribution >= 4 is 5.97 Å². The molecule has 0 atom stereocenters. The zero-order valence-corrected chi connectivity index (χ0v) is 14.5. The Hall–Kier alpha value is -1.05.